The van der Waals surface area contributed by atoms with E-state index in [1.165, 1.54) is 6.42 Å². The summed E-state index contributed by atoms with van der Waals surface area (Å²) >= 11 is 0. The molecule has 0 N–H and O–H groups in total. The van der Waals surface area contributed by atoms with Crippen LogP contribution in [0.2, 0.25) is 0 Å². The van der Waals surface area contributed by atoms with Gasteiger partial charge in [-0.05, 0) is 89.8 Å². The molecule has 4 nitrogen and oxygen atoms in total. The molecule has 0 aromatic heterocycles. The standard InChI is InChI=1S/C31H45NO3/c1-19-21-8-9-29(5)24(28(21,4)15-20(17-32)26(19)34)14-23(33)25-22-16-27(2,3)10-12-31(22,18-35-7)13-11-30(25,29)6/h15,19,21-22,24-25H,8-14,16,18H2,1-7H3/t19-,21-,22?,24+,25?,28-,29+,30+,31+/m0/s1. The summed E-state index contributed by atoms with van der Waals surface area (Å²) in [6.45, 7) is 14.7. The van der Waals surface area contributed by atoms with Crippen LogP contribution in [0.15, 0.2) is 11.6 Å². The van der Waals surface area contributed by atoms with E-state index in [4.69, 9.17) is 4.74 Å². The van der Waals surface area contributed by atoms with Gasteiger partial charge in [0.05, 0.1) is 12.2 Å². The van der Waals surface area contributed by atoms with E-state index in [-0.39, 0.29) is 56.5 Å². The van der Waals surface area contributed by atoms with Gasteiger partial charge in [-0.25, -0.2) is 0 Å². The van der Waals surface area contributed by atoms with Crippen LogP contribution in [0.1, 0.15) is 92.9 Å². The van der Waals surface area contributed by atoms with E-state index in [9.17, 15) is 14.9 Å². The van der Waals surface area contributed by atoms with E-state index in [0.717, 1.165) is 45.1 Å². The first-order chi connectivity index (χ1) is 16.3. The lowest BCUT2D eigenvalue weighted by Gasteiger charge is -2.71. The van der Waals surface area contributed by atoms with Crippen molar-refractivity contribution in [1.29, 1.82) is 5.26 Å². The SMILES string of the molecule is COC[C@]12CCC(C)(C)CC1C1C(=O)C[C@@H]3[C@@]4(C)C=C(C#N)C(=O)[C@@H](C)[C@@H]4CC[C@@]3(C)[C@]1(C)CC2. The van der Waals surface area contributed by atoms with Gasteiger partial charge in [0, 0.05) is 25.4 Å². The Morgan fingerprint density at radius 2 is 1.69 bits per heavy atom. The molecule has 0 spiro atoms. The molecule has 0 amide bonds. The quantitative estimate of drug-likeness (QED) is 0.451. The molecule has 0 radical (unpaired) electrons. The van der Waals surface area contributed by atoms with Crippen LogP contribution in [0.3, 0.4) is 0 Å². The van der Waals surface area contributed by atoms with Crippen molar-refractivity contribution in [3.63, 3.8) is 0 Å². The van der Waals surface area contributed by atoms with Gasteiger partial charge in [0.2, 0.25) is 0 Å². The molecule has 4 fully saturated rings. The summed E-state index contributed by atoms with van der Waals surface area (Å²) in [5, 5.41) is 9.77. The van der Waals surface area contributed by atoms with E-state index < -0.39 is 0 Å². The van der Waals surface area contributed by atoms with Crippen LogP contribution in [0.5, 0.6) is 0 Å². The molecule has 9 atom stereocenters. The minimum Gasteiger partial charge on any atom is -0.384 e. The number of carbonyl (C=O) groups excluding carboxylic acids is 2. The molecule has 0 aromatic carbocycles. The smallest absolute Gasteiger partial charge is 0.176 e. The molecule has 5 rings (SSSR count). The Kier molecular flexibility index (Phi) is 5.59. The van der Waals surface area contributed by atoms with Crippen molar-refractivity contribution in [2.24, 2.45) is 56.7 Å². The highest BCUT2D eigenvalue weighted by atomic mass is 16.5. The molecule has 0 aromatic rings. The molecule has 0 saturated heterocycles. The molecular weight excluding hydrogens is 434 g/mol. The number of methoxy groups -OCH3 is 1. The highest BCUT2D eigenvalue weighted by Gasteiger charge is 2.71. The Balaban J connectivity index is 1.61. The van der Waals surface area contributed by atoms with Crippen LogP contribution in [-0.4, -0.2) is 25.3 Å². The predicted octanol–water partition coefficient (Wildman–Crippen LogP) is 6.54. The van der Waals surface area contributed by atoms with Gasteiger partial charge in [0.25, 0.3) is 0 Å². The second-order valence-corrected chi connectivity index (χ2v) is 14.6. The Hall–Kier alpha value is -1.47. The number of allylic oxidation sites excluding steroid dienone is 2. The number of nitriles is 1. The maximum Gasteiger partial charge on any atom is 0.176 e. The highest BCUT2D eigenvalue weighted by molar-refractivity contribution is 6.01. The first-order valence-corrected chi connectivity index (χ1v) is 14.0. The summed E-state index contributed by atoms with van der Waals surface area (Å²) in [6, 6.07) is 2.21. The first-order valence-electron chi connectivity index (χ1n) is 14.0. The molecule has 0 bridgehead atoms. The number of Topliss-reactive ketones (excluding diaryl/α,β-unsaturated/α-hetero) is 2. The fourth-order valence-corrected chi connectivity index (χ4v) is 10.6. The maximum absolute atomic E-state index is 14.4. The van der Waals surface area contributed by atoms with Gasteiger partial charge < -0.3 is 4.74 Å². The number of ketones is 2. The Morgan fingerprint density at radius 1 is 1.00 bits per heavy atom. The molecule has 5 aliphatic rings. The van der Waals surface area contributed by atoms with Crippen molar-refractivity contribution in [3.8, 4) is 6.07 Å². The van der Waals surface area contributed by atoms with Crippen LogP contribution >= 0.6 is 0 Å². The van der Waals surface area contributed by atoms with Crippen molar-refractivity contribution >= 4 is 11.6 Å². The third-order valence-corrected chi connectivity index (χ3v) is 12.7. The van der Waals surface area contributed by atoms with Crippen LogP contribution in [-0.2, 0) is 14.3 Å². The Labute approximate surface area is 212 Å². The number of hydrogen-bond donors (Lipinski definition) is 0. The van der Waals surface area contributed by atoms with Gasteiger partial charge in [-0.15, -0.1) is 0 Å². The van der Waals surface area contributed by atoms with E-state index in [1.54, 1.807) is 0 Å². The largest absolute Gasteiger partial charge is 0.384 e. The zero-order valence-corrected chi connectivity index (χ0v) is 23.0. The molecule has 35 heavy (non-hydrogen) atoms. The minimum atomic E-state index is -0.290. The fraction of sp³-hybridized carbons (Fsp3) is 0.839. The van der Waals surface area contributed by atoms with Crippen LogP contribution in [0.25, 0.3) is 0 Å². The third kappa shape index (κ3) is 3.19. The monoisotopic (exact) mass is 479 g/mol. The van der Waals surface area contributed by atoms with Crippen LogP contribution < -0.4 is 0 Å². The van der Waals surface area contributed by atoms with Gasteiger partial charge in [0.1, 0.15) is 11.9 Å². The van der Waals surface area contributed by atoms with Crippen molar-refractivity contribution < 1.29 is 14.3 Å². The predicted molar refractivity (Wildman–Crippen MR) is 136 cm³/mol. The summed E-state index contributed by atoms with van der Waals surface area (Å²) in [5.74, 6) is 1.13. The summed E-state index contributed by atoms with van der Waals surface area (Å²) in [4.78, 5) is 27.3. The van der Waals surface area contributed by atoms with Crippen molar-refractivity contribution in [2.45, 2.75) is 92.9 Å². The number of rotatable bonds is 2. The Bertz CT molecular complexity index is 1020. The average Bonchev–Trinajstić information content (AvgIpc) is 2.79. The van der Waals surface area contributed by atoms with E-state index in [2.05, 4.69) is 40.7 Å². The molecule has 5 aliphatic carbocycles. The summed E-state index contributed by atoms with van der Waals surface area (Å²) in [7, 11) is 1.83. The van der Waals surface area contributed by atoms with Crippen LogP contribution in [0, 0.1) is 68.0 Å². The second-order valence-electron chi connectivity index (χ2n) is 14.6. The molecular formula is C31H45NO3. The lowest BCUT2D eigenvalue weighted by Crippen LogP contribution is -2.68. The molecule has 4 heteroatoms. The van der Waals surface area contributed by atoms with Gasteiger partial charge in [-0.1, -0.05) is 47.6 Å². The summed E-state index contributed by atoms with van der Waals surface area (Å²) in [5.41, 5.74) is 0.342. The van der Waals surface area contributed by atoms with Crippen molar-refractivity contribution in [3.05, 3.63) is 11.6 Å². The molecule has 4 saturated carbocycles. The zero-order chi connectivity index (χ0) is 25.6. The number of ether oxygens (including phenoxy) is 1. The van der Waals surface area contributed by atoms with E-state index in [1.807, 2.05) is 20.1 Å². The van der Waals surface area contributed by atoms with Crippen molar-refractivity contribution in [1.82, 2.24) is 0 Å². The fourth-order valence-electron chi connectivity index (χ4n) is 10.6. The Morgan fingerprint density at radius 3 is 2.34 bits per heavy atom. The molecule has 2 unspecified atom stereocenters. The third-order valence-electron chi connectivity index (χ3n) is 12.7. The lowest BCUT2D eigenvalue weighted by molar-refractivity contribution is -0.224. The van der Waals surface area contributed by atoms with Gasteiger partial charge in [-0.3, -0.25) is 9.59 Å². The average molecular weight is 480 g/mol. The molecule has 0 heterocycles. The number of fused-ring (bicyclic) bond motifs is 7. The van der Waals surface area contributed by atoms with E-state index in [0.29, 0.717) is 23.7 Å². The van der Waals surface area contributed by atoms with Crippen molar-refractivity contribution in [2.75, 3.05) is 13.7 Å². The first kappa shape index (κ1) is 25.2. The topological polar surface area (TPSA) is 67.2 Å². The number of hydrogen-bond acceptors (Lipinski definition) is 4. The van der Waals surface area contributed by atoms with Crippen LogP contribution in [0.4, 0.5) is 0 Å². The summed E-state index contributed by atoms with van der Waals surface area (Å²) in [6.07, 6.45) is 10.3. The normalized spacial score (nSPS) is 50.7. The molecule has 192 valence electrons. The molecule has 0 aliphatic heterocycles. The van der Waals surface area contributed by atoms with Gasteiger partial charge in [0.15, 0.2) is 5.78 Å². The zero-order valence-electron chi connectivity index (χ0n) is 23.0. The minimum absolute atomic E-state index is 0.00347. The maximum atomic E-state index is 14.4. The van der Waals surface area contributed by atoms with Gasteiger partial charge >= 0.3 is 0 Å². The van der Waals surface area contributed by atoms with E-state index >= 15 is 0 Å². The lowest BCUT2D eigenvalue weighted by atomic mass is 9.32. The summed E-state index contributed by atoms with van der Waals surface area (Å²) < 4.78 is 5.84. The highest BCUT2D eigenvalue weighted by Crippen LogP contribution is 2.75. The second kappa shape index (κ2) is 7.77. The number of carbonyl (C=O) groups is 2. The van der Waals surface area contributed by atoms with Gasteiger partial charge in [-0.2, -0.15) is 5.26 Å². The number of nitrogens with zero attached hydrogens (tertiary/aromatic N) is 1.